The van der Waals surface area contributed by atoms with Gasteiger partial charge in [-0.1, -0.05) is 0 Å². The van der Waals surface area contributed by atoms with Crippen molar-refractivity contribution in [3.8, 4) is 12.3 Å². The molecular weight excluding hydrogens is 190 g/mol. The summed E-state index contributed by atoms with van der Waals surface area (Å²) < 4.78 is 47.3. The third kappa shape index (κ3) is 3.32. The SMILES string of the molecule is C#CCCNC(=O)C(F)(F)C(F)F. The minimum atomic E-state index is -4.64. The molecule has 0 saturated carbocycles. The van der Waals surface area contributed by atoms with E-state index in [0.717, 1.165) is 0 Å². The number of hydrogen-bond donors (Lipinski definition) is 1. The van der Waals surface area contributed by atoms with Gasteiger partial charge in [-0.2, -0.15) is 8.78 Å². The average molecular weight is 197 g/mol. The highest BCUT2D eigenvalue weighted by Gasteiger charge is 2.48. The van der Waals surface area contributed by atoms with Gasteiger partial charge in [-0.25, -0.2) is 8.78 Å². The molecule has 0 unspecified atom stereocenters. The predicted octanol–water partition coefficient (Wildman–Crippen LogP) is 1.03. The molecule has 0 saturated heterocycles. The first-order valence-corrected chi connectivity index (χ1v) is 3.30. The standard InChI is InChI=1S/C7H7F4NO/c1-2-3-4-12-6(13)7(10,11)5(8)9/h1,5H,3-4H2,(H,12,13). The van der Waals surface area contributed by atoms with E-state index in [1.807, 2.05) is 0 Å². The van der Waals surface area contributed by atoms with Crippen LogP contribution < -0.4 is 5.32 Å². The zero-order chi connectivity index (χ0) is 10.5. The van der Waals surface area contributed by atoms with E-state index in [-0.39, 0.29) is 13.0 Å². The molecule has 0 aromatic carbocycles. The summed E-state index contributed by atoms with van der Waals surface area (Å²) in [4.78, 5) is 10.4. The first-order chi connectivity index (χ1) is 5.92. The van der Waals surface area contributed by atoms with Crippen molar-refractivity contribution in [1.29, 1.82) is 0 Å². The molecule has 0 aromatic heterocycles. The van der Waals surface area contributed by atoms with E-state index in [1.54, 1.807) is 5.32 Å². The Morgan fingerprint density at radius 1 is 1.54 bits per heavy atom. The molecule has 1 N–H and O–H groups in total. The molecule has 13 heavy (non-hydrogen) atoms. The van der Waals surface area contributed by atoms with Crippen LogP contribution in [0, 0.1) is 12.3 Å². The van der Waals surface area contributed by atoms with Crippen LogP contribution in [0.25, 0.3) is 0 Å². The summed E-state index contributed by atoms with van der Waals surface area (Å²) in [6, 6.07) is 0. The summed E-state index contributed by atoms with van der Waals surface area (Å²) in [5.41, 5.74) is 0. The highest BCUT2D eigenvalue weighted by Crippen LogP contribution is 2.22. The zero-order valence-electron chi connectivity index (χ0n) is 6.49. The molecule has 0 spiro atoms. The van der Waals surface area contributed by atoms with Gasteiger partial charge in [0.2, 0.25) is 0 Å². The average Bonchev–Trinajstić information content (AvgIpc) is 2.04. The Morgan fingerprint density at radius 2 is 2.08 bits per heavy atom. The van der Waals surface area contributed by atoms with E-state index < -0.39 is 18.3 Å². The molecule has 0 aliphatic heterocycles. The van der Waals surface area contributed by atoms with Crippen molar-refractivity contribution in [3.63, 3.8) is 0 Å². The van der Waals surface area contributed by atoms with E-state index in [2.05, 4.69) is 5.92 Å². The fourth-order valence-electron chi connectivity index (χ4n) is 0.465. The van der Waals surface area contributed by atoms with E-state index in [1.165, 1.54) is 0 Å². The predicted molar refractivity (Wildman–Crippen MR) is 37.4 cm³/mol. The second-order valence-corrected chi connectivity index (χ2v) is 2.13. The molecule has 0 heterocycles. The van der Waals surface area contributed by atoms with Crippen molar-refractivity contribution in [2.75, 3.05) is 6.54 Å². The molecule has 0 rings (SSSR count). The molecule has 0 bridgehead atoms. The Labute approximate surface area is 72.3 Å². The maximum Gasteiger partial charge on any atom is 0.383 e. The molecule has 0 radical (unpaired) electrons. The van der Waals surface area contributed by atoms with Gasteiger partial charge in [-0.05, 0) is 0 Å². The highest BCUT2D eigenvalue weighted by molar-refractivity contribution is 5.83. The molecule has 0 atom stereocenters. The van der Waals surface area contributed by atoms with Crippen molar-refractivity contribution in [2.24, 2.45) is 0 Å². The Kier molecular flexibility index (Phi) is 4.25. The van der Waals surface area contributed by atoms with Crippen LogP contribution in [0.15, 0.2) is 0 Å². The molecule has 0 aromatic rings. The lowest BCUT2D eigenvalue weighted by Crippen LogP contribution is -2.45. The first-order valence-electron chi connectivity index (χ1n) is 3.30. The summed E-state index contributed by atoms with van der Waals surface area (Å²) in [5.74, 6) is -4.59. The Bertz CT molecular complexity index is 221. The smallest absolute Gasteiger partial charge is 0.350 e. The van der Waals surface area contributed by atoms with Crippen LogP contribution in [0.4, 0.5) is 17.6 Å². The van der Waals surface area contributed by atoms with E-state index in [0.29, 0.717) is 0 Å². The van der Waals surface area contributed by atoms with Crippen molar-refractivity contribution < 1.29 is 22.4 Å². The van der Waals surface area contributed by atoms with Gasteiger partial charge in [-0.15, -0.1) is 12.3 Å². The summed E-state index contributed by atoms with van der Waals surface area (Å²) >= 11 is 0. The van der Waals surface area contributed by atoms with Crippen LogP contribution in [0.1, 0.15) is 6.42 Å². The third-order valence-electron chi connectivity index (χ3n) is 1.13. The van der Waals surface area contributed by atoms with Crippen molar-refractivity contribution in [2.45, 2.75) is 18.8 Å². The van der Waals surface area contributed by atoms with Gasteiger partial charge in [0.15, 0.2) is 0 Å². The third-order valence-corrected chi connectivity index (χ3v) is 1.13. The number of carbonyl (C=O) groups excluding carboxylic acids is 1. The summed E-state index contributed by atoms with van der Waals surface area (Å²) in [5, 5.41) is 1.59. The van der Waals surface area contributed by atoms with Gasteiger partial charge in [0.1, 0.15) is 0 Å². The van der Waals surface area contributed by atoms with E-state index >= 15 is 0 Å². The van der Waals surface area contributed by atoms with E-state index in [9.17, 15) is 22.4 Å². The minimum absolute atomic E-state index is 0.0189. The fourth-order valence-corrected chi connectivity index (χ4v) is 0.465. The molecule has 0 aliphatic rings. The monoisotopic (exact) mass is 197 g/mol. The van der Waals surface area contributed by atoms with Gasteiger partial charge >= 0.3 is 12.3 Å². The number of nitrogens with one attached hydrogen (secondary N) is 1. The van der Waals surface area contributed by atoms with Crippen LogP contribution in [-0.2, 0) is 4.79 Å². The lowest BCUT2D eigenvalue weighted by Gasteiger charge is -2.13. The lowest BCUT2D eigenvalue weighted by atomic mass is 10.3. The van der Waals surface area contributed by atoms with Gasteiger partial charge in [-0.3, -0.25) is 4.79 Å². The molecule has 0 aliphatic carbocycles. The molecule has 6 heteroatoms. The molecule has 1 amide bonds. The van der Waals surface area contributed by atoms with Crippen LogP contribution in [0.2, 0.25) is 0 Å². The van der Waals surface area contributed by atoms with Crippen LogP contribution in [0.3, 0.4) is 0 Å². The topological polar surface area (TPSA) is 29.1 Å². The number of halogens is 4. The van der Waals surface area contributed by atoms with E-state index in [4.69, 9.17) is 6.42 Å². The summed E-state index contributed by atoms with van der Waals surface area (Å²) in [6.07, 6.45) is 0.764. The quantitative estimate of drug-likeness (QED) is 0.407. The van der Waals surface area contributed by atoms with Gasteiger partial charge in [0, 0.05) is 13.0 Å². The Hall–Kier alpha value is -1.25. The molecule has 0 fully saturated rings. The van der Waals surface area contributed by atoms with Crippen LogP contribution in [0.5, 0.6) is 0 Å². The van der Waals surface area contributed by atoms with Crippen LogP contribution in [-0.4, -0.2) is 24.8 Å². The lowest BCUT2D eigenvalue weighted by molar-refractivity contribution is -0.169. The largest absolute Gasteiger partial charge is 0.383 e. The fraction of sp³-hybridized carbons (Fsp3) is 0.571. The molecular formula is C7H7F4NO. The Morgan fingerprint density at radius 3 is 2.46 bits per heavy atom. The first kappa shape index (κ1) is 11.8. The second-order valence-electron chi connectivity index (χ2n) is 2.13. The van der Waals surface area contributed by atoms with Crippen molar-refractivity contribution in [1.82, 2.24) is 5.32 Å². The zero-order valence-corrected chi connectivity index (χ0v) is 6.49. The molecule has 74 valence electrons. The number of terminal acetylenes is 1. The van der Waals surface area contributed by atoms with Crippen LogP contribution >= 0.6 is 0 Å². The second kappa shape index (κ2) is 4.70. The number of amides is 1. The number of alkyl halides is 4. The summed E-state index contributed by atoms with van der Waals surface area (Å²) in [7, 11) is 0. The Balaban J connectivity index is 4.04. The van der Waals surface area contributed by atoms with Gasteiger partial charge < -0.3 is 5.32 Å². The summed E-state index contributed by atoms with van der Waals surface area (Å²) in [6.45, 7) is -0.238. The number of carbonyl (C=O) groups is 1. The minimum Gasteiger partial charge on any atom is -0.350 e. The number of rotatable bonds is 4. The normalized spacial score (nSPS) is 11.1. The molecule has 2 nitrogen and oxygen atoms in total. The maximum absolute atomic E-state index is 12.2. The van der Waals surface area contributed by atoms with Gasteiger partial charge in [0.25, 0.3) is 5.91 Å². The van der Waals surface area contributed by atoms with Gasteiger partial charge in [0.05, 0.1) is 0 Å². The maximum atomic E-state index is 12.2. The van der Waals surface area contributed by atoms with Crippen molar-refractivity contribution >= 4 is 5.91 Å². The highest BCUT2D eigenvalue weighted by atomic mass is 19.3. The van der Waals surface area contributed by atoms with Crippen molar-refractivity contribution in [3.05, 3.63) is 0 Å². The number of hydrogen-bond acceptors (Lipinski definition) is 1.